The molecule has 0 amide bonds. The third-order valence-electron chi connectivity index (χ3n) is 7.87. The van der Waals surface area contributed by atoms with Gasteiger partial charge in [-0.2, -0.15) is 13.2 Å². The molecule has 0 bridgehead atoms. The lowest BCUT2D eigenvalue weighted by Gasteiger charge is -2.49. The number of oxime groups is 1. The van der Waals surface area contributed by atoms with Crippen molar-refractivity contribution in [3.63, 3.8) is 0 Å². The molecule has 4 aromatic carbocycles. The van der Waals surface area contributed by atoms with Crippen LogP contribution in [0.1, 0.15) is 40.3 Å². The fraction of sp³-hybridized carbons (Fsp3) is 0.219. The Balaban J connectivity index is 1.21. The minimum atomic E-state index is -4.92. The lowest BCUT2D eigenvalue weighted by atomic mass is 9.83. The summed E-state index contributed by atoms with van der Waals surface area (Å²) in [7, 11) is 0. The third kappa shape index (κ3) is 4.95. The molecule has 1 saturated heterocycles. The summed E-state index contributed by atoms with van der Waals surface area (Å²) in [5.74, 6) is -1.03. The molecule has 1 unspecified atom stereocenters. The average molecular weight is 617 g/mol. The summed E-state index contributed by atoms with van der Waals surface area (Å²) in [5.41, 5.74) is -2.13. The summed E-state index contributed by atoms with van der Waals surface area (Å²) in [5, 5.41) is 2.60. The SMILES string of the molecule is Fc1c(Cl)cc(C2(C(F)(F)F)CC(c3ccc(C4(F)CN(C(c5ccccc5)c5ccccc5)C4)cc3)=NO2)cc1Cl. The number of rotatable bonds is 6. The molecule has 4 aromatic rings. The molecule has 2 heterocycles. The number of nitrogens with zero attached hydrogens (tertiary/aromatic N) is 2. The molecule has 0 aromatic heterocycles. The van der Waals surface area contributed by atoms with Crippen LogP contribution in [-0.2, 0) is 16.1 Å². The number of halogens is 7. The van der Waals surface area contributed by atoms with Crippen LogP contribution in [-0.4, -0.2) is 29.9 Å². The molecule has 1 fully saturated rings. The minimum absolute atomic E-state index is 0.00630. The first-order valence-corrected chi connectivity index (χ1v) is 13.9. The molecular formula is C32H23Cl2F5N2O. The van der Waals surface area contributed by atoms with Gasteiger partial charge < -0.3 is 4.84 Å². The molecule has 3 nitrogen and oxygen atoms in total. The normalized spacial score (nSPS) is 20.2. The van der Waals surface area contributed by atoms with E-state index in [9.17, 15) is 17.6 Å². The van der Waals surface area contributed by atoms with Crippen LogP contribution < -0.4 is 0 Å². The van der Waals surface area contributed by atoms with Crippen molar-refractivity contribution in [3.05, 3.63) is 141 Å². The van der Waals surface area contributed by atoms with Gasteiger partial charge in [0, 0.05) is 25.1 Å². The van der Waals surface area contributed by atoms with E-state index in [2.05, 4.69) is 10.1 Å². The number of hydrogen-bond acceptors (Lipinski definition) is 3. The maximum Gasteiger partial charge on any atom is 0.435 e. The van der Waals surface area contributed by atoms with Crippen molar-refractivity contribution in [1.29, 1.82) is 0 Å². The van der Waals surface area contributed by atoms with E-state index < -0.39 is 45.3 Å². The fourth-order valence-electron chi connectivity index (χ4n) is 5.66. The predicted molar refractivity (Wildman–Crippen MR) is 152 cm³/mol. The Morgan fingerprint density at radius 2 is 1.31 bits per heavy atom. The van der Waals surface area contributed by atoms with Crippen molar-refractivity contribution in [3.8, 4) is 0 Å². The number of hydrogen-bond donors (Lipinski definition) is 0. The zero-order valence-electron chi connectivity index (χ0n) is 21.9. The highest BCUT2D eigenvalue weighted by atomic mass is 35.5. The molecule has 0 saturated carbocycles. The molecular weight excluding hydrogens is 594 g/mol. The van der Waals surface area contributed by atoms with Crippen molar-refractivity contribution in [2.24, 2.45) is 5.16 Å². The van der Waals surface area contributed by atoms with Crippen LogP contribution in [0.4, 0.5) is 22.0 Å². The fourth-order valence-corrected chi connectivity index (χ4v) is 6.14. The Morgan fingerprint density at radius 3 is 1.81 bits per heavy atom. The molecule has 1 atom stereocenters. The summed E-state index contributed by atoms with van der Waals surface area (Å²) in [6.07, 6.45) is -5.62. The maximum atomic E-state index is 16.1. The monoisotopic (exact) mass is 616 g/mol. The maximum absolute atomic E-state index is 16.1. The summed E-state index contributed by atoms with van der Waals surface area (Å²) in [6, 6.07) is 27.5. The molecule has 0 radical (unpaired) electrons. The predicted octanol–water partition coefficient (Wildman–Crippen LogP) is 8.98. The Kier molecular flexibility index (Phi) is 7.28. The van der Waals surface area contributed by atoms with Gasteiger partial charge >= 0.3 is 6.18 Å². The average Bonchev–Trinajstić information content (AvgIpc) is 3.43. The van der Waals surface area contributed by atoms with E-state index in [0.29, 0.717) is 11.1 Å². The van der Waals surface area contributed by atoms with Crippen molar-refractivity contribution in [1.82, 2.24) is 4.90 Å². The van der Waals surface area contributed by atoms with E-state index in [0.717, 1.165) is 23.3 Å². The third-order valence-corrected chi connectivity index (χ3v) is 8.42. The van der Waals surface area contributed by atoms with Gasteiger partial charge in [0.2, 0.25) is 0 Å². The van der Waals surface area contributed by atoms with Crippen molar-refractivity contribution in [2.75, 3.05) is 13.1 Å². The molecule has 0 aliphatic carbocycles. The van der Waals surface area contributed by atoms with E-state index in [1.54, 1.807) is 12.1 Å². The Bertz CT molecular complexity index is 1560. The van der Waals surface area contributed by atoms with Crippen LogP contribution >= 0.6 is 23.2 Å². The molecule has 2 aliphatic heterocycles. The highest BCUT2D eigenvalue weighted by Gasteiger charge is 2.62. The number of benzene rings is 4. The van der Waals surface area contributed by atoms with E-state index in [1.165, 1.54) is 12.1 Å². The standard InChI is InChI=1S/C32H23Cl2F5N2O/c33-25-15-24(16-26(34)28(25)35)31(32(37,38)39)17-27(40-42-31)20-11-13-23(14-12-20)30(36)18-41(19-30)29(21-7-3-1-4-8-21)22-9-5-2-6-10-22/h1-16,29H,17-19H2. The summed E-state index contributed by atoms with van der Waals surface area (Å²) in [4.78, 5) is 7.06. The van der Waals surface area contributed by atoms with Gasteiger partial charge in [0.05, 0.1) is 21.8 Å². The van der Waals surface area contributed by atoms with Gasteiger partial charge in [-0.25, -0.2) is 8.78 Å². The minimum Gasteiger partial charge on any atom is -0.374 e. The summed E-state index contributed by atoms with van der Waals surface area (Å²) in [6.45, 7) is 0.294. The van der Waals surface area contributed by atoms with Gasteiger partial charge in [0.25, 0.3) is 5.60 Å². The van der Waals surface area contributed by atoms with Crippen LogP contribution in [0.3, 0.4) is 0 Å². The molecule has 10 heteroatoms. The lowest BCUT2D eigenvalue weighted by Crippen LogP contribution is -2.57. The molecule has 0 spiro atoms. The molecule has 0 N–H and O–H groups in total. The van der Waals surface area contributed by atoms with Crippen LogP contribution in [0.25, 0.3) is 0 Å². The van der Waals surface area contributed by atoms with Crippen LogP contribution in [0, 0.1) is 5.82 Å². The van der Waals surface area contributed by atoms with Crippen molar-refractivity contribution in [2.45, 2.75) is 29.9 Å². The Hall–Kier alpha value is -3.46. The van der Waals surface area contributed by atoms with Gasteiger partial charge in [-0.1, -0.05) is 113 Å². The van der Waals surface area contributed by atoms with E-state index in [1.807, 2.05) is 60.7 Å². The molecule has 2 aliphatic rings. The van der Waals surface area contributed by atoms with E-state index in [-0.39, 0.29) is 24.8 Å². The Labute approximate surface area is 249 Å². The smallest absolute Gasteiger partial charge is 0.374 e. The van der Waals surface area contributed by atoms with Gasteiger partial charge in [0.15, 0.2) is 11.5 Å². The van der Waals surface area contributed by atoms with E-state index in [4.69, 9.17) is 28.0 Å². The van der Waals surface area contributed by atoms with Gasteiger partial charge in [0.1, 0.15) is 0 Å². The van der Waals surface area contributed by atoms with Gasteiger partial charge in [-0.05, 0) is 34.4 Å². The second kappa shape index (κ2) is 10.7. The zero-order chi connectivity index (χ0) is 29.7. The summed E-state index contributed by atoms with van der Waals surface area (Å²) < 4.78 is 73.0. The van der Waals surface area contributed by atoms with Crippen molar-refractivity contribution < 1.29 is 26.8 Å². The Morgan fingerprint density at radius 1 is 0.786 bits per heavy atom. The lowest BCUT2D eigenvalue weighted by molar-refractivity contribution is -0.275. The topological polar surface area (TPSA) is 24.8 Å². The first kappa shape index (κ1) is 28.6. The molecule has 6 rings (SSSR count). The van der Waals surface area contributed by atoms with Crippen LogP contribution in [0.2, 0.25) is 10.0 Å². The van der Waals surface area contributed by atoms with Gasteiger partial charge in [-0.3, -0.25) is 4.90 Å². The van der Waals surface area contributed by atoms with Crippen molar-refractivity contribution >= 4 is 28.9 Å². The zero-order valence-corrected chi connectivity index (χ0v) is 23.4. The first-order chi connectivity index (χ1) is 20.0. The molecule has 42 heavy (non-hydrogen) atoms. The van der Waals surface area contributed by atoms with Crippen LogP contribution in [0.5, 0.6) is 0 Å². The second-order valence-electron chi connectivity index (χ2n) is 10.6. The second-order valence-corrected chi connectivity index (χ2v) is 11.4. The highest BCUT2D eigenvalue weighted by molar-refractivity contribution is 6.35. The number of likely N-dealkylation sites (tertiary alicyclic amines) is 1. The number of alkyl halides is 4. The summed E-state index contributed by atoms with van der Waals surface area (Å²) >= 11 is 11.6. The van der Waals surface area contributed by atoms with Gasteiger partial charge in [-0.15, -0.1) is 0 Å². The van der Waals surface area contributed by atoms with Crippen LogP contribution in [0.15, 0.2) is 102 Å². The van der Waals surface area contributed by atoms with E-state index >= 15 is 4.39 Å². The largest absolute Gasteiger partial charge is 0.435 e. The first-order valence-electron chi connectivity index (χ1n) is 13.1. The quantitative estimate of drug-likeness (QED) is 0.159. The highest BCUT2D eigenvalue weighted by Crippen LogP contribution is 2.50. The molecule has 216 valence electrons.